The quantitative estimate of drug-likeness (QED) is 0.478. The van der Waals surface area contributed by atoms with Crippen LogP contribution >= 0.6 is 11.3 Å². The second-order valence-corrected chi connectivity index (χ2v) is 9.66. The van der Waals surface area contributed by atoms with Crippen molar-refractivity contribution in [3.8, 4) is 0 Å². The van der Waals surface area contributed by atoms with Gasteiger partial charge in [-0.3, -0.25) is 9.59 Å². The average Bonchev–Trinajstić information content (AvgIpc) is 3.40. The molecule has 4 atom stereocenters. The van der Waals surface area contributed by atoms with Crippen LogP contribution in [-0.4, -0.2) is 47.4 Å². The van der Waals surface area contributed by atoms with Crippen molar-refractivity contribution < 1.29 is 28.6 Å². The molecule has 0 spiro atoms. The Morgan fingerprint density at radius 1 is 1.03 bits per heavy atom. The molecule has 2 heterocycles. The van der Waals surface area contributed by atoms with Crippen LogP contribution in [0.1, 0.15) is 43.9 Å². The van der Waals surface area contributed by atoms with E-state index in [0.717, 1.165) is 16.0 Å². The number of amides is 1. The van der Waals surface area contributed by atoms with Crippen LogP contribution < -0.4 is 0 Å². The smallest absolute Gasteiger partial charge is 0.327 e. The van der Waals surface area contributed by atoms with Crippen LogP contribution in [0.3, 0.4) is 0 Å². The summed E-state index contributed by atoms with van der Waals surface area (Å²) in [7, 11) is 1.35. The third-order valence-electron chi connectivity index (χ3n) is 6.60. The van der Waals surface area contributed by atoms with Gasteiger partial charge in [0.2, 0.25) is 5.91 Å². The van der Waals surface area contributed by atoms with Gasteiger partial charge in [0.1, 0.15) is 18.5 Å². The molecule has 1 aromatic heterocycles. The Labute approximate surface area is 207 Å². The normalized spacial score (nSPS) is 21.8. The molecule has 1 amide bonds. The van der Waals surface area contributed by atoms with Crippen LogP contribution in [-0.2, 0) is 14.3 Å². The van der Waals surface area contributed by atoms with Gasteiger partial charge in [-0.25, -0.2) is 9.18 Å². The number of thiophene rings is 1. The molecule has 8 heteroatoms. The van der Waals surface area contributed by atoms with Gasteiger partial charge in [-0.2, -0.15) is 0 Å². The van der Waals surface area contributed by atoms with E-state index in [4.69, 9.17) is 4.74 Å². The first-order chi connectivity index (χ1) is 16.8. The van der Waals surface area contributed by atoms with E-state index < -0.39 is 41.6 Å². The Bertz CT molecular complexity index is 1250. The highest BCUT2D eigenvalue weighted by atomic mass is 32.1. The van der Waals surface area contributed by atoms with Gasteiger partial charge >= 0.3 is 5.97 Å². The number of carboxylic acid groups (broad SMARTS) is 1. The van der Waals surface area contributed by atoms with Gasteiger partial charge in [-0.05, 0) is 54.1 Å². The topological polar surface area (TPSA) is 83.9 Å². The van der Waals surface area contributed by atoms with Gasteiger partial charge in [0.25, 0.3) is 0 Å². The summed E-state index contributed by atoms with van der Waals surface area (Å²) in [5.74, 6) is -4.18. The highest BCUT2D eigenvalue weighted by molar-refractivity contribution is 7.10. The molecule has 1 saturated heterocycles. The van der Waals surface area contributed by atoms with Crippen molar-refractivity contribution >= 4 is 29.0 Å². The summed E-state index contributed by atoms with van der Waals surface area (Å²) in [5.41, 5.74) is 2.57. The number of benzene rings is 2. The van der Waals surface area contributed by atoms with Crippen LogP contribution in [0.5, 0.6) is 0 Å². The second kappa shape index (κ2) is 10.1. The van der Waals surface area contributed by atoms with E-state index in [0.29, 0.717) is 11.1 Å². The zero-order valence-corrected chi connectivity index (χ0v) is 20.4. The maximum atomic E-state index is 14.2. The van der Waals surface area contributed by atoms with Crippen LogP contribution in [0.25, 0.3) is 0 Å². The molecular weight excluding hydrogens is 469 g/mol. The van der Waals surface area contributed by atoms with Crippen molar-refractivity contribution in [1.29, 1.82) is 0 Å². The van der Waals surface area contributed by atoms with Crippen molar-refractivity contribution in [2.45, 2.75) is 31.8 Å². The standard InChI is InChI=1S/C27H26FNO5S/c1-15-6-4-5-7-19(15)25(31)21-22(26-16(2)12-13-35-26)24(27(32)33)29(20(30)14-34-3)23(21)17-8-10-18(28)11-9-17/h4-13,21-24H,14H2,1-3H3,(H,32,33). The lowest BCUT2D eigenvalue weighted by molar-refractivity contribution is -0.151. The summed E-state index contributed by atoms with van der Waals surface area (Å²) in [5, 5.41) is 12.2. The first-order valence-electron chi connectivity index (χ1n) is 11.2. The van der Waals surface area contributed by atoms with Crippen LogP contribution in [0.4, 0.5) is 4.39 Å². The fourth-order valence-corrected chi connectivity index (χ4v) is 6.19. The van der Waals surface area contributed by atoms with Gasteiger partial charge in [0.05, 0.1) is 12.0 Å². The van der Waals surface area contributed by atoms with E-state index in [1.165, 1.54) is 47.6 Å². The van der Waals surface area contributed by atoms with Gasteiger partial charge in [0, 0.05) is 23.5 Å². The van der Waals surface area contributed by atoms with E-state index in [-0.39, 0.29) is 12.4 Å². The third kappa shape index (κ3) is 4.51. The Morgan fingerprint density at radius 3 is 2.29 bits per heavy atom. The Hall–Kier alpha value is -3.36. The largest absolute Gasteiger partial charge is 0.480 e. The van der Waals surface area contributed by atoms with Crippen LogP contribution in [0.2, 0.25) is 0 Å². The Morgan fingerprint density at radius 2 is 1.71 bits per heavy atom. The number of nitrogens with zero attached hydrogens (tertiary/aromatic N) is 1. The maximum Gasteiger partial charge on any atom is 0.327 e. The summed E-state index contributed by atoms with van der Waals surface area (Å²) >= 11 is 1.37. The van der Waals surface area contributed by atoms with Crippen molar-refractivity contribution in [3.05, 3.63) is 92.9 Å². The fraction of sp³-hybridized carbons (Fsp3) is 0.296. The first kappa shape index (κ1) is 24.8. The lowest BCUT2D eigenvalue weighted by Crippen LogP contribution is -2.45. The highest BCUT2D eigenvalue weighted by Gasteiger charge is 2.58. The third-order valence-corrected chi connectivity index (χ3v) is 7.72. The second-order valence-electron chi connectivity index (χ2n) is 8.71. The summed E-state index contributed by atoms with van der Waals surface area (Å²) in [6.45, 7) is 3.35. The molecule has 1 aliphatic heterocycles. The van der Waals surface area contributed by atoms with Crippen molar-refractivity contribution in [2.75, 3.05) is 13.7 Å². The number of methoxy groups -OCH3 is 1. The Balaban J connectivity index is 2.00. The van der Waals surface area contributed by atoms with Gasteiger partial charge in [-0.1, -0.05) is 36.4 Å². The average molecular weight is 496 g/mol. The summed E-state index contributed by atoms with van der Waals surface area (Å²) in [6.07, 6.45) is 0. The number of halogens is 1. The zero-order chi connectivity index (χ0) is 25.3. The highest BCUT2D eigenvalue weighted by Crippen LogP contribution is 2.53. The minimum atomic E-state index is -1.30. The van der Waals surface area contributed by atoms with E-state index in [9.17, 15) is 23.9 Å². The fourth-order valence-electron chi connectivity index (χ4n) is 5.09. The van der Waals surface area contributed by atoms with Crippen molar-refractivity contribution in [1.82, 2.24) is 4.90 Å². The molecule has 4 unspecified atom stereocenters. The molecular formula is C27H26FNO5S. The molecule has 1 fully saturated rings. The molecule has 0 radical (unpaired) electrons. The molecule has 1 aliphatic rings. The number of hydrogen-bond acceptors (Lipinski definition) is 5. The molecule has 6 nitrogen and oxygen atoms in total. The number of rotatable bonds is 7. The number of Topliss-reactive ketones (excluding diaryl/α,β-unsaturated/α-hetero) is 1. The minimum Gasteiger partial charge on any atom is -0.480 e. The van der Waals surface area contributed by atoms with Crippen LogP contribution in [0.15, 0.2) is 60.0 Å². The predicted molar refractivity (Wildman–Crippen MR) is 130 cm³/mol. The number of carbonyl (C=O) groups excluding carboxylic acids is 2. The number of ketones is 1. The monoisotopic (exact) mass is 495 g/mol. The van der Waals surface area contributed by atoms with Gasteiger partial charge < -0.3 is 14.7 Å². The maximum absolute atomic E-state index is 14.2. The molecule has 4 rings (SSSR count). The molecule has 35 heavy (non-hydrogen) atoms. The number of likely N-dealkylation sites (tertiary alicyclic amines) is 1. The van der Waals surface area contributed by atoms with Crippen LogP contribution in [0, 0.1) is 25.6 Å². The number of aryl methyl sites for hydroxylation is 2. The number of hydrogen-bond donors (Lipinski definition) is 1. The molecule has 0 bridgehead atoms. The summed E-state index contributed by atoms with van der Waals surface area (Å²) < 4.78 is 18.9. The van der Waals surface area contributed by atoms with Crippen molar-refractivity contribution in [2.24, 2.45) is 5.92 Å². The number of carboxylic acids is 1. The summed E-state index contributed by atoms with van der Waals surface area (Å²) in [6, 6.07) is 12.3. The van der Waals surface area contributed by atoms with Crippen molar-refractivity contribution in [3.63, 3.8) is 0 Å². The molecule has 182 valence electrons. The molecule has 2 aromatic carbocycles. The Kier molecular flexibility index (Phi) is 7.14. The predicted octanol–water partition coefficient (Wildman–Crippen LogP) is 4.77. The number of aliphatic carboxylic acids is 1. The molecule has 0 saturated carbocycles. The van der Waals surface area contributed by atoms with Gasteiger partial charge in [-0.15, -0.1) is 11.3 Å². The molecule has 0 aliphatic carbocycles. The first-order valence-corrected chi connectivity index (χ1v) is 12.1. The molecule has 1 N–H and O–H groups in total. The molecule has 3 aromatic rings. The van der Waals surface area contributed by atoms with E-state index in [1.807, 2.05) is 37.4 Å². The lowest BCUT2D eigenvalue weighted by Gasteiger charge is -2.30. The lowest BCUT2D eigenvalue weighted by atomic mass is 9.77. The van der Waals surface area contributed by atoms with E-state index in [2.05, 4.69) is 0 Å². The van der Waals surface area contributed by atoms with E-state index >= 15 is 0 Å². The zero-order valence-electron chi connectivity index (χ0n) is 19.6. The SMILES string of the molecule is COCC(=O)N1C(C(=O)O)C(c2sccc2C)C(C(=O)c2ccccc2C)C1c1ccc(F)cc1. The van der Waals surface area contributed by atoms with Gasteiger partial charge in [0.15, 0.2) is 5.78 Å². The number of carbonyl (C=O) groups is 3. The number of ether oxygens (including phenoxy) is 1. The minimum absolute atomic E-state index is 0.255. The van der Waals surface area contributed by atoms with E-state index in [1.54, 1.807) is 12.1 Å². The summed E-state index contributed by atoms with van der Waals surface area (Å²) in [4.78, 5) is 42.3.